The van der Waals surface area contributed by atoms with E-state index in [0.29, 0.717) is 17.9 Å². The van der Waals surface area contributed by atoms with Gasteiger partial charge in [0.25, 0.3) is 0 Å². The molecule has 1 aliphatic heterocycles. The van der Waals surface area contributed by atoms with Crippen molar-refractivity contribution in [1.29, 1.82) is 0 Å². The Labute approximate surface area is 140 Å². The van der Waals surface area contributed by atoms with Crippen LogP contribution in [-0.2, 0) is 4.74 Å². The molecule has 0 aliphatic carbocycles. The average Bonchev–Trinajstić information content (AvgIpc) is 3.26. The second kappa shape index (κ2) is 6.42. The van der Waals surface area contributed by atoms with Crippen molar-refractivity contribution < 1.29 is 19.0 Å². The normalized spacial score (nSPS) is 21.1. The summed E-state index contributed by atoms with van der Waals surface area (Å²) in [6.07, 6.45) is 2.76. The van der Waals surface area contributed by atoms with E-state index >= 15 is 0 Å². The first-order chi connectivity index (χ1) is 11.3. The van der Waals surface area contributed by atoms with Crippen LogP contribution in [-0.4, -0.2) is 29.5 Å². The van der Waals surface area contributed by atoms with Crippen molar-refractivity contribution in [3.05, 3.63) is 52.4 Å². The van der Waals surface area contributed by atoms with Gasteiger partial charge in [0.1, 0.15) is 24.0 Å². The summed E-state index contributed by atoms with van der Waals surface area (Å²) < 4.78 is 16.3. The average molecular weight is 330 g/mol. The van der Waals surface area contributed by atoms with Gasteiger partial charge in [-0.25, -0.2) is 4.79 Å². The molecule has 0 radical (unpaired) electrons. The van der Waals surface area contributed by atoms with Crippen LogP contribution in [0.15, 0.2) is 51.2 Å². The maximum absolute atomic E-state index is 11.3. The number of benzene rings is 1. The Kier molecular flexibility index (Phi) is 4.47. The molecule has 0 saturated carbocycles. The molecule has 0 amide bonds. The van der Waals surface area contributed by atoms with E-state index in [9.17, 15) is 9.90 Å². The lowest BCUT2D eigenvalue weighted by atomic mass is 9.99. The van der Waals surface area contributed by atoms with Gasteiger partial charge in [0.2, 0.25) is 0 Å². The van der Waals surface area contributed by atoms with E-state index in [4.69, 9.17) is 13.9 Å². The molecule has 2 atom stereocenters. The summed E-state index contributed by atoms with van der Waals surface area (Å²) in [6.45, 7) is 5.97. The van der Waals surface area contributed by atoms with E-state index in [1.165, 1.54) is 6.07 Å². The van der Waals surface area contributed by atoms with Gasteiger partial charge in [0.05, 0.1) is 11.7 Å². The van der Waals surface area contributed by atoms with Gasteiger partial charge >= 0.3 is 5.63 Å². The molecule has 5 heteroatoms. The van der Waals surface area contributed by atoms with Gasteiger partial charge in [-0.05, 0) is 51.5 Å². The predicted octanol–water partition coefficient (Wildman–Crippen LogP) is 3.05. The number of hydrogen-bond acceptors (Lipinski definition) is 5. The molecular weight excluding hydrogens is 308 g/mol. The standard InChI is InChI=1S/C19H22O5/c1-12(10-16-18(24-16)19(2,3)21)8-9-22-14-6-4-13-5-7-17(20)23-15(13)11-14/h4-8,11,16,18,21H,9-10H2,1-3H3/b12-8+. The molecule has 2 unspecified atom stereocenters. The van der Waals surface area contributed by atoms with E-state index in [-0.39, 0.29) is 17.8 Å². The van der Waals surface area contributed by atoms with Crippen molar-refractivity contribution in [2.45, 2.75) is 45.0 Å². The van der Waals surface area contributed by atoms with Crippen LogP contribution in [0.1, 0.15) is 27.2 Å². The van der Waals surface area contributed by atoms with Crippen LogP contribution in [0, 0.1) is 0 Å². The molecule has 1 fully saturated rings. The minimum atomic E-state index is -0.795. The number of epoxide rings is 1. The SMILES string of the molecule is C/C(=C\COc1ccc2ccc(=O)oc2c1)CC1OC1C(C)(C)O. The van der Waals surface area contributed by atoms with Crippen LogP contribution in [0.5, 0.6) is 5.75 Å². The highest BCUT2D eigenvalue weighted by Gasteiger charge is 2.48. The third kappa shape index (κ3) is 4.04. The molecule has 3 rings (SSSR count). The first kappa shape index (κ1) is 16.7. The van der Waals surface area contributed by atoms with Crippen molar-refractivity contribution >= 4 is 11.0 Å². The second-order valence-corrected chi connectivity index (χ2v) is 6.77. The van der Waals surface area contributed by atoms with Gasteiger partial charge in [-0.3, -0.25) is 0 Å². The molecule has 0 spiro atoms. The van der Waals surface area contributed by atoms with Gasteiger partial charge in [-0.2, -0.15) is 0 Å². The Morgan fingerprint density at radius 1 is 1.33 bits per heavy atom. The molecule has 128 valence electrons. The van der Waals surface area contributed by atoms with Crippen molar-refractivity contribution in [3.63, 3.8) is 0 Å². The molecular formula is C19H22O5. The zero-order valence-electron chi connectivity index (χ0n) is 14.1. The summed E-state index contributed by atoms with van der Waals surface area (Å²) in [4.78, 5) is 11.3. The Bertz CT molecular complexity index is 812. The molecule has 5 nitrogen and oxygen atoms in total. The van der Waals surface area contributed by atoms with E-state index in [2.05, 4.69) is 0 Å². The summed E-state index contributed by atoms with van der Waals surface area (Å²) in [5.41, 5.74) is 0.497. The van der Waals surface area contributed by atoms with Crippen molar-refractivity contribution in [2.75, 3.05) is 6.61 Å². The minimum Gasteiger partial charge on any atom is -0.489 e. The van der Waals surface area contributed by atoms with Gasteiger partial charge in [0, 0.05) is 17.5 Å². The molecule has 1 aromatic heterocycles. The Hall–Kier alpha value is -2.11. The van der Waals surface area contributed by atoms with Gasteiger partial charge < -0.3 is 19.0 Å². The van der Waals surface area contributed by atoms with Crippen molar-refractivity contribution in [3.8, 4) is 5.75 Å². The zero-order chi connectivity index (χ0) is 17.3. The van der Waals surface area contributed by atoms with Crippen LogP contribution in [0.3, 0.4) is 0 Å². The lowest BCUT2D eigenvalue weighted by molar-refractivity contribution is 0.0482. The monoisotopic (exact) mass is 330 g/mol. The fraction of sp³-hybridized carbons (Fsp3) is 0.421. The summed E-state index contributed by atoms with van der Waals surface area (Å²) in [6, 6.07) is 8.55. The lowest BCUT2D eigenvalue weighted by Crippen LogP contribution is -2.28. The molecule has 0 bridgehead atoms. The molecule has 1 saturated heterocycles. The fourth-order valence-corrected chi connectivity index (χ4v) is 2.73. The Morgan fingerprint density at radius 2 is 2.08 bits per heavy atom. The van der Waals surface area contributed by atoms with E-state index < -0.39 is 5.60 Å². The quantitative estimate of drug-likeness (QED) is 0.501. The molecule has 24 heavy (non-hydrogen) atoms. The fourth-order valence-electron chi connectivity index (χ4n) is 2.73. The Morgan fingerprint density at radius 3 is 2.79 bits per heavy atom. The number of aliphatic hydroxyl groups is 1. The molecule has 2 heterocycles. The zero-order valence-corrected chi connectivity index (χ0v) is 14.1. The molecule has 2 aromatic rings. The highest BCUT2D eigenvalue weighted by atomic mass is 16.6. The summed E-state index contributed by atoms with van der Waals surface area (Å²) in [5, 5.41) is 10.7. The predicted molar refractivity (Wildman–Crippen MR) is 91.3 cm³/mol. The Balaban J connectivity index is 1.55. The van der Waals surface area contributed by atoms with Crippen LogP contribution in [0.4, 0.5) is 0 Å². The highest BCUT2D eigenvalue weighted by Crippen LogP contribution is 2.36. The van der Waals surface area contributed by atoms with Gasteiger partial charge in [-0.15, -0.1) is 0 Å². The van der Waals surface area contributed by atoms with Crippen LogP contribution >= 0.6 is 0 Å². The number of fused-ring (bicyclic) bond motifs is 1. The second-order valence-electron chi connectivity index (χ2n) is 6.77. The maximum Gasteiger partial charge on any atom is 0.336 e. The third-order valence-corrected chi connectivity index (χ3v) is 4.08. The number of rotatable bonds is 6. The topological polar surface area (TPSA) is 72.2 Å². The van der Waals surface area contributed by atoms with Crippen molar-refractivity contribution in [2.24, 2.45) is 0 Å². The van der Waals surface area contributed by atoms with Crippen LogP contribution < -0.4 is 10.4 Å². The first-order valence-electron chi connectivity index (χ1n) is 8.03. The van der Waals surface area contributed by atoms with E-state index in [1.54, 1.807) is 26.0 Å². The van der Waals surface area contributed by atoms with E-state index in [0.717, 1.165) is 17.4 Å². The highest BCUT2D eigenvalue weighted by molar-refractivity contribution is 5.77. The van der Waals surface area contributed by atoms with Crippen LogP contribution in [0.2, 0.25) is 0 Å². The summed E-state index contributed by atoms with van der Waals surface area (Å²) in [7, 11) is 0. The molecule has 1 aliphatic rings. The van der Waals surface area contributed by atoms with Gasteiger partial charge in [-0.1, -0.05) is 5.57 Å². The summed E-state index contributed by atoms with van der Waals surface area (Å²) >= 11 is 0. The minimum absolute atomic E-state index is 0.0798. The van der Waals surface area contributed by atoms with E-state index in [1.807, 2.05) is 25.1 Å². The number of hydrogen-bond donors (Lipinski definition) is 1. The molecule has 1 aromatic carbocycles. The van der Waals surface area contributed by atoms with Crippen LogP contribution in [0.25, 0.3) is 11.0 Å². The smallest absolute Gasteiger partial charge is 0.336 e. The lowest BCUT2D eigenvalue weighted by Gasteiger charge is -2.13. The van der Waals surface area contributed by atoms with Gasteiger partial charge in [0.15, 0.2) is 0 Å². The molecule has 1 N–H and O–H groups in total. The van der Waals surface area contributed by atoms with Crippen molar-refractivity contribution in [1.82, 2.24) is 0 Å². The third-order valence-electron chi connectivity index (χ3n) is 4.08. The maximum atomic E-state index is 11.3. The summed E-state index contributed by atoms with van der Waals surface area (Å²) in [5.74, 6) is 0.651. The first-order valence-corrected chi connectivity index (χ1v) is 8.03. The number of ether oxygens (including phenoxy) is 2. The largest absolute Gasteiger partial charge is 0.489 e.